The summed E-state index contributed by atoms with van der Waals surface area (Å²) in [4.78, 5) is 10.4. The summed E-state index contributed by atoms with van der Waals surface area (Å²) in [5.74, 6) is 1.43. The molecule has 0 unspecified atom stereocenters. The summed E-state index contributed by atoms with van der Waals surface area (Å²) in [5.41, 5.74) is -0.153. The quantitative estimate of drug-likeness (QED) is 0.833. The molecule has 3 fully saturated rings. The zero-order valence-electron chi connectivity index (χ0n) is 13.4. The summed E-state index contributed by atoms with van der Waals surface area (Å²) in [5, 5.41) is 0. The van der Waals surface area contributed by atoms with Gasteiger partial charge in [-0.1, -0.05) is 6.42 Å². The molecule has 0 aromatic carbocycles. The molecular weight excluding hydrogens is 297 g/mol. The molecule has 0 bridgehead atoms. The van der Waals surface area contributed by atoms with Crippen molar-refractivity contribution in [1.29, 1.82) is 0 Å². The monoisotopic (exact) mass is 321 g/mol. The maximum absolute atomic E-state index is 13.0. The summed E-state index contributed by atoms with van der Waals surface area (Å²) in [6.45, 7) is 3.88. The van der Waals surface area contributed by atoms with Gasteiger partial charge in [0, 0.05) is 19.1 Å². The average Bonchev–Trinajstić information content (AvgIpc) is 3.32. The Morgan fingerprint density at radius 1 is 1.26 bits per heavy atom. The Labute approximate surface area is 136 Å². The third kappa shape index (κ3) is 3.33. The van der Waals surface area contributed by atoms with Crippen molar-refractivity contribution >= 4 is 5.95 Å². The summed E-state index contributed by atoms with van der Waals surface area (Å²) < 4.78 is 25.2. The number of nitrogens with zero attached hydrogens (tertiary/aromatic N) is 3. The maximum Gasteiger partial charge on any atom is 0.225 e. The number of hydrogen-bond acceptors (Lipinski definition) is 5. The maximum atomic E-state index is 13.0. The van der Waals surface area contributed by atoms with Crippen LogP contribution in [0.5, 0.6) is 0 Å². The van der Waals surface area contributed by atoms with Crippen LogP contribution in [0.2, 0.25) is 0 Å². The fourth-order valence-corrected chi connectivity index (χ4v) is 3.86. The molecule has 2 aliphatic carbocycles. The second-order valence-corrected chi connectivity index (χ2v) is 7.11. The highest BCUT2D eigenvalue weighted by Gasteiger charge is 2.47. The normalized spacial score (nSPS) is 31.0. The Kier molecular flexibility index (Phi) is 4.20. The van der Waals surface area contributed by atoms with Crippen LogP contribution in [0.1, 0.15) is 32.1 Å². The van der Waals surface area contributed by atoms with Crippen molar-refractivity contribution in [2.45, 2.75) is 37.7 Å². The first kappa shape index (κ1) is 15.3. The van der Waals surface area contributed by atoms with E-state index in [9.17, 15) is 4.39 Å². The molecule has 2 heterocycles. The summed E-state index contributed by atoms with van der Waals surface area (Å²) in [6.07, 6.45) is 8.50. The second kappa shape index (κ2) is 6.32. The molecule has 1 aliphatic heterocycles. The Balaban J connectivity index is 1.42. The Bertz CT molecular complexity index is 537. The first-order valence-corrected chi connectivity index (χ1v) is 8.69. The number of hydrogen-bond donors (Lipinski definition) is 0. The van der Waals surface area contributed by atoms with E-state index >= 15 is 0 Å². The number of rotatable bonds is 5. The number of ether oxygens (including phenoxy) is 2. The Hall–Kier alpha value is -1.27. The van der Waals surface area contributed by atoms with E-state index in [-0.39, 0.29) is 5.60 Å². The molecule has 1 aromatic rings. The lowest BCUT2D eigenvalue weighted by Gasteiger charge is -2.44. The molecule has 23 heavy (non-hydrogen) atoms. The van der Waals surface area contributed by atoms with E-state index in [4.69, 9.17) is 9.47 Å². The minimum atomic E-state index is -0.399. The van der Waals surface area contributed by atoms with E-state index in [1.54, 1.807) is 0 Å². The van der Waals surface area contributed by atoms with Gasteiger partial charge in [0.15, 0.2) is 5.82 Å². The van der Waals surface area contributed by atoms with Gasteiger partial charge in [-0.25, -0.2) is 14.4 Å². The van der Waals surface area contributed by atoms with Gasteiger partial charge in [-0.2, -0.15) is 0 Å². The number of aromatic nitrogens is 2. The summed E-state index contributed by atoms with van der Waals surface area (Å²) >= 11 is 0. The van der Waals surface area contributed by atoms with Crippen LogP contribution in [-0.2, 0) is 9.47 Å². The first-order valence-electron chi connectivity index (χ1n) is 8.69. The van der Waals surface area contributed by atoms with Crippen molar-refractivity contribution in [2.24, 2.45) is 11.8 Å². The van der Waals surface area contributed by atoms with Crippen LogP contribution >= 0.6 is 0 Å². The van der Waals surface area contributed by atoms with Crippen LogP contribution in [-0.4, -0.2) is 48.5 Å². The average molecular weight is 321 g/mol. The zero-order chi connectivity index (χ0) is 15.7. The van der Waals surface area contributed by atoms with Crippen molar-refractivity contribution in [2.75, 3.05) is 37.8 Å². The lowest BCUT2D eigenvalue weighted by molar-refractivity contribution is -0.0997. The number of anilines is 1. The third-order valence-corrected chi connectivity index (χ3v) is 5.36. The molecule has 5 nitrogen and oxygen atoms in total. The number of morpholine rings is 1. The van der Waals surface area contributed by atoms with Gasteiger partial charge in [-0.05, 0) is 31.6 Å². The van der Waals surface area contributed by atoms with E-state index in [2.05, 4.69) is 14.9 Å². The second-order valence-electron chi connectivity index (χ2n) is 7.11. The van der Waals surface area contributed by atoms with Gasteiger partial charge in [-0.15, -0.1) is 0 Å². The van der Waals surface area contributed by atoms with E-state index in [1.807, 2.05) is 0 Å². The van der Waals surface area contributed by atoms with Gasteiger partial charge in [0.1, 0.15) is 0 Å². The fraction of sp³-hybridized carbons (Fsp3) is 0.765. The van der Waals surface area contributed by atoms with E-state index in [1.165, 1.54) is 31.7 Å². The number of halogens is 1. The molecule has 126 valence electrons. The molecule has 0 amide bonds. The highest BCUT2D eigenvalue weighted by atomic mass is 19.1. The van der Waals surface area contributed by atoms with Gasteiger partial charge < -0.3 is 14.4 Å². The van der Waals surface area contributed by atoms with Gasteiger partial charge in [0.05, 0.1) is 37.8 Å². The van der Waals surface area contributed by atoms with Gasteiger partial charge in [0.25, 0.3) is 0 Å². The Morgan fingerprint density at radius 2 is 2.09 bits per heavy atom. The molecule has 6 heteroatoms. The summed E-state index contributed by atoms with van der Waals surface area (Å²) in [6, 6.07) is 0. The minimum Gasteiger partial charge on any atom is -0.381 e. The van der Waals surface area contributed by atoms with Crippen LogP contribution in [0.3, 0.4) is 0 Å². The van der Waals surface area contributed by atoms with E-state index < -0.39 is 5.82 Å². The molecule has 2 saturated carbocycles. The predicted molar refractivity (Wildman–Crippen MR) is 83.8 cm³/mol. The van der Waals surface area contributed by atoms with Crippen LogP contribution in [0.25, 0.3) is 0 Å². The molecule has 1 spiro atoms. The van der Waals surface area contributed by atoms with Crippen LogP contribution in [0.15, 0.2) is 12.4 Å². The highest BCUT2D eigenvalue weighted by molar-refractivity contribution is 5.31. The SMILES string of the molecule is Fc1cnc(N2CCO[C@]3(CCC[C@H]3COCC3CC3)C2)nc1. The molecule has 0 radical (unpaired) electrons. The van der Waals surface area contributed by atoms with E-state index in [0.717, 1.165) is 45.1 Å². The molecule has 0 N–H and O–H groups in total. The van der Waals surface area contributed by atoms with Crippen LogP contribution in [0, 0.1) is 17.7 Å². The minimum absolute atomic E-state index is 0.153. The fourth-order valence-electron chi connectivity index (χ4n) is 3.86. The predicted octanol–water partition coefficient (Wildman–Crippen LogP) is 2.42. The molecule has 3 aliphatic rings. The molecule has 1 aromatic heterocycles. The lowest BCUT2D eigenvalue weighted by atomic mass is 9.89. The van der Waals surface area contributed by atoms with Gasteiger partial charge in [-0.3, -0.25) is 0 Å². The topological polar surface area (TPSA) is 47.5 Å². The van der Waals surface area contributed by atoms with Crippen molar-refractivity contribution in [3.63, 3.8) is 0 Å². The lowest BCUT2D eigenvalue weighted by Crippen LogP contribution is -2.55. The third-order valence-electron chi connectivity index (χ3n) is 5.36. The first-order chi connectivity index (χ1) is 11.3. The Morgan fingerprint density at radius 3 is 2.87 bits per heavy atom. The van der Waals surface area contributed by atoms with Crippen LogP contribution in [0.4, 0.5) is 10.3 Å². The van der Waals surface area contributed by atoms with Gasteiger partial charge >= 0.3 is 0 Å². The highest BCUT2D eigenvalue weighted by Crippen LogP contribution is 2.42. The molecule has 1 saturated heterocycles. The zero-order valence-corrected chi connectivity index (χ0v) is 13.4. The van der Waals surface area contributed by atoms with Crippen LogP contribution < -0.4 is 4.90 Å². The van der Waals surface area contributed by atoms with E-state index in [0.29, 0.717) is 18.5 Å². The van der Waals surface area contributed by atoms with Crippen molar-refractivity contribution in [3.05, 3.63) is 18.2 Å². The van der Waals surface area contributed by atoms with Gasteiger partial charge in [0.2, 0.25) is 5.95 Å². The standard InChI is InChI=1S/C17H24FN3O2/c18-15-8-19-16(20-9-15)21-6-7-23-17(12-21)5-1-2-14(17)11-22-10-13-3-4-13/h8-9,13-14H,1-7,10-12H2/t14-,17+/m0/s1. The smallest absolute Gasteiger partial charge is 0.225 e. The largest absolute Gasteiger partial charge is 0.381 e. The summed E-state index contributed by atoms with van der Waals surface area (Å²) in [7, 11) is 0. The van der Waals surface area contributed by atoms with Crippen molar-refractivity contribution < 1.29 is 13.9 Å². The molecule has 4 rings (SSSR count). The molecule has 2 atom stereocenters. The molecular formula is C17H24FN3O2. The van der Waals surface area contributed by atoms with Crippen molar-refractivity contribution in [3.8, 4) is 0 Å². The van der Waals surface area contributed by atoms with Crippen molar-refractivity contribution in [1.82, 2.24) is 9.97 Å².